The van der Waals surface area contributed by atoms with Crippen molar-refractivity contribution in [3.8, 4) is 0 Å². The summed E-state index contributed by atoms with van der Waals surface area (Å²) in [6.45, 7) is 0.0749. The summed E-state index contributed by atoms with van der Waals surface area (Å²) < 4.78 is 12.9. The minimum absolute atomic E-state index is 0.0749. The summed E-state index contributed by atoms with van der Waals surface area (Å²) >= 11 is 6.11. The zero-order valence-electron chi connectivity index (χ0n) is 18.8. The lowest BCUT2D eigenvalue weighted by molar-refractivity contribution is 0.143. The molecule has 0 spiro atoms. The fourth-order valence-corrected chi connectivity index (χ4v) is 7.71. The third-order valence-corrected chi connectivity index (χ3v) is 9.99. The number of halogens is 1. The van der Waals surface area contributed by atoms with Crippen molar-refractivity contribution in [2.45, 2.75) is 86.2 Å². The number of anilines is 2. The molecule has 6 nitrogen and oxygen atoms in total. The Hall–Kier alpha value is -1.70. The molecule has 2 N–H and O–H groups in total. The molecule has 1 aromatic carbocycles. The van der Waals surface area contributed by atoms with E-state index in [1.807, 2.05) is 12.1 Å². The van der Waals surface area contributed by atoms with Gasteiger partial charge in [0.1, 0.15) is 10.7 Å². The quantitative estimate of drug-likeness (QED) is 0.651. The van der Waals surface area contributed by atoms with Gasteiger partial charge in [-0.2, -0.15) is 4.98 Å². The zero-order chi connectivity index (χ0) is 22.6. The SMILES string of the molecule is O=S1CCCc2nc(N3C4CCC3CC(c3ccc(Cl)cc3)C4)nc(NC3(CO)CCC3)c21. The van der Waals surface area contributed by atoms with Gasteiger partial charge in [0, 0.05) is 22.9 Å². The summed E-state index contributed by atoms with van der Waals surface area (Å²) in [6, 6.07) is 9.16. The van der Waals surface area contributed by atoms with E-state index in [4.69, 9.17) is 21.6 Å². The molecule has 176 valence electrons. The standard InChI is InChI=1S/C25H31ClN4O2S/c26-18-6-4-16(5-7-18)17-13-19-8-9-20(14-17)30(19)24-27-21-3-1-12-33(32)22(21)23(28-24)29-25(15-31)10-2-11-25/h4-7,17,19-20,31H,1-3,8-15H2,(H,27,28,29). The number of benzene rings is 1. The van der Waals surface area contributed by atoms with E-state index in [9.17, 15) is 9.32 Å². The third-order valence-electron chi connectivity index (χ3n) is 8.20. The molecular formula is C25H31ClN4O2S. The average Bonchev–Trinajstić information content (AvgIpc) is 3.06. The summed E-state index contributed by atoms with van der Waals surface area (Å²) in [4.78, 5) is 13.2. The molecule has 4 aliphatic rings. The minimum atomic E-state index is -1.09. The van der Waals surface area contributed by atoms with E-state index in [1.54, 1.807) is 0 Å². The zero-order valence-corrected chi connectivity index (χ0v) is 20.4. The summed E-state index contributed by atoms with van der Waals surface area (Å²) in [5, 5.41) is 14.4. The van der Waals surface area contributed by atoms with E-state index in [0.29, 0.717) is 29.6 Å². The molecule has 1 aliphatic carbocycles. The fraction of sp³-hybridized carbons (Fsp3) is 0.600. The Morgan fingerprint density at radius 3 is 2.48 bits per heavy atom. The van der Waals surface area contributed by atoms with Gasteiger partial charge < -0.3 is 15.3 Å². The first-order valence-electron chi connectivity index (χ1n) is 12.3. The molecule has 3 unspecified atom stereocenters. The molecule has 6 rings (SSSR count). The van der Waals surface area contributed by atoms with Crippen molar-refractivity contribution in [1.82, 2.24) is 9.97 Å². The number of aromatic nitrogens is 2. The van der Waals surface area contributed by atoms with Crippen molar-refractivity contribution < 1.29 is 9.32 Å². The molecule has 1 aromatic heterocycles. The second-order valence-corrected chi connectivity index (χ2v) is 12.2. The molecule has 4 heterocycles. The smallest absolute Gasteiger partial charge is 0.228 e. The molecule has 3 atom stereocenters. The summed E-state index contributed by atoms with van der Waals surface area (Å²) in [5.41, 5.74) is 1.97. The van der Waals surface area contributed by atoms with Crippen LogP contribution < -0.4 is 10.2 Å². The number of hydrogen-bond acceptors (Lipinski definition) is 6. The number of nitrogens with zero attached hydrogens (tertiary/aromatic N) is 3. The van der Waals surface area contributed by atoms with Gasteiger partial charge in [0.15, 0.2) is 0 Å². The van der Waals surface area contributed by atoms with Crippen molar-refractivity contribution in [2.24, 2.45) is 0 Å². The van der Waals surface area contributed by atoms with Crippen LogP contribution in [0.2, 0.25) is 5.02 Å². The van der Waals surface area contributed by atoms with Gasteiger partial charge in [0.05, 0.1) is 28.6 Å². The molecule has 0 radical (unpaired) electrons. The number of fused-ring (bicyclic) bond motifs is 3. The van der Waals surface area contributed by atoms with Crippen LogP contribution in [0, 0.1) is 0 Å². The van der Waals surface area contributed by atoms with Gasteiger partial charge in [-0.1, -0.05) is 23.7 Å². The van der Waals surface area contributed by atoms with Crippen molar-refractivity contribution in [3.63, 3.8) is 0 Å². The maximum absolute atomic E-state index is 12.9. The first-order chi connectivity index (χ1) is 16.0. The van der Waals surface area contributed by atoms with Crippen LogP contribution in [0.1, 0.15) is 68.5 Å². The van der Waals surface area contributed by atoms with Crippen LogP contribution in [-0.4, -0.2) is 49.3 Å². The highest BCUT2D eigenvalue weighted by Gasteiger charge is 2.44. The topological polar surface area (TPSA) is 78.4 Å². The molecule has 8 heteroatoms. The predicted molar refractivity (Wildman–Crippen MR) is 132 cm³/mol. The lowest BCUT2D eigenvalue weighted by atomic mass is 9.77. The molecule has 2 saturated heterocycles. The molecular weight excluding hydrogens is 456 g/mol. The molecule has 1 saturated carbocycles. The number of rotatable bonds is 5. The summed E-state index contributed by atoms with van der Waals surface area (Å²) in [6.07, 6.45) is 9.17. The van der Waals surface area contributed by atoms with Crippen molar-refractivity contribution in [2.75, 3.05) is 22.6 Å². The Balaban J connectivity index is 1.33. The Bertz CT molecular complexity index is 1060. The highest BCUT2D eigenvalue weighted by molar-refractivity contribution is 7.85. The van der Waals surface area contributed by atoms with E-state index >= 15 is 0 Å². The van der Waals surface area contributed by atoms with Crippen molar-refractivity contribution in [3.05, 3.63) is 40.5 Å². The third kappa shape index (κ3) is 3.86. The van der Waals surface area contributed by atoms with Gasteiger partial charge >= 0.3 is 0 Å². The molecule has 0 amide bonds. The number of hydrogen-bond donors (Lipinski definition) is 2. The molecule has 3 fully saturated rings. The van der Waals surface area contributed by atoms with Crippen LogP contribution >= 0.6 is 11.6 Å². The fourth-order valence-electron chi connectivity index (χ4n) is 6.25. The largest absolute Gasteiger partial charge is 0.394 e. The highest BCUT2D eigenvalue weighted by atomic mass is 35.5. The van der Waals surface area contributed by atoms with Crippen molar-refractivity contribution in [1.29, 1.82) is 0 Å². The average molecular weight is 487 g/mol. The van der Waals surface area contributed by atoms with E-state index in [1.165, 1.54) is 5.56 Å². The number of aliphatic hydroxyl groups excluding tert-OH is 1. The molecule has 33 heavy (non-hydrogen) atoms. The maximum Gasteiger partial charge on any atom is 0.228 e. The lowest BCUT2D eigenvalue weighted by Gasteiger charge is -2.43. The lowest BCUT2D eigenvalue weighted by Crippen LogP contribution is -2.49. The second-order valence-electron chi connectivity index (χ2n) is 10.2. The number of aryl methyl sites for hydroxylation is 1. The van der Waals surface area contributed by atoms with Crippen LogP contribution in [0.25, 0.3) is 0 Å². The maximum atomic E-state index is 12.9. The van der Waals surface area contributed by atoms with E-state index in [2.05, 4.69) is 22.3 Å². The van der Waals surface area contributed by atoms with Gasteiger partial charge in [0.2, 0.25) is 5.95 Å². The molecule has 2 aromatic rings. The van der Waals surface area contributed by atoms with Crippen LogP contribution in [0.4, 0.5) is 11.8 Å². The molecule has 3 aliphatic heterocycles. The normalized spacial score (nSPS) is 29.9. The van der Waals surface area contributed by atoms with Gasteiger partial charge in [0.25, 0.3) is 0 Å². The van der Waals surface area contributed by atoms with Crippen LogP contribution in [0.15, 0.2) is 29.2 Å². The predicted octanol–water partition coefficient (Wildman–Crippen LogP) is 4.43. The highest BCUT2D eigenvalue weighted by Crippen LogP contribution is 2.46. The van der Waals surface area contributed by atoms with E-state index < -0.39 is 10.8 Å². The van der Waals surface area contributed by atoms with Gasteiger partial charge in [-0.05, 0) is 81.4 Å². The Labute approximate surface area is 202 Å². The first kappa shape index (κ1) is 21.8. The Morgan fingerprint density at radius 1 is 1.12 bits per heavy atom. The van der Waals surface area contributed by atoms with Gasteiger partial charge in [-0.15, -0.1) is 0 Å². The number of nitrogens with one attached hydrogen (secondary N) is 1. The second kappa shape index (κ2) is 8.51. The van der Waals surface area contributed by atoms with Crippen molar-refractivity contribution >= 4 is 34.2 Å². The van der Waals surface area contributed by atoms with Crippen LogP contribution in [-0.2, 0) is 17.2 Å². The Morgan fingerprint density at radius 2 is 1.85 bits per heavy atom. The monoisotopic (exact) mass is 486 g/mol. The molecule has 2 bridgehead atoms. The Kier molecular flexibility index (Phi) is 5.62. The van der Waals surface area contributed by atoms with E-state index in [0.717, 1.165) is 79.3 Å². The summed E-state index contributed by atoms with van der Waals surface area (Å²) in [7, 11) is -1.09. The number of aliphatic hydroxyl groups is 1. The van der Waals surface area contributed by atoms with Crippen LogP contribution in [0.5, 0.6) is 0 Å². The van der Waals surface area contributed by atoms with Gasteiger partial charge in [-0.3, -0.25) is 4.21 Å². The van der Waals surface area contributed by atoms with Crippen LogP contribution in [0.3, 0.4) is 0 Å². The summed E-state index contributed by atoms with van der Waals surface area (Å²) in [5.74, 6) is 2.67. The van der Waals surface area contributed by atoms with E-state index in [-0.39, 0.29) is 12.1 Å². The van der Waals surface area contributed by atoms with Gasteiger partial charge in [-0.25, -0.2) is 4.98 Å². The number of piperidine rings is 1. The first-order valence-corrected chi connectivity index (χ1v) is 14.0. The minimum Gasteiger partial charge on any atom is -0.394 e.